The lowest BCUT2D eigenvalue weighted by molar-refractivity contribution is -0.140. The zero-order valence-electron chi connectivity index (χ0n) is 23.7. The smallest absolute Gasteiger partial charge is 0.264 e. The molecule has 0 bridgehead atoms. The van der Waals surface area contributed by atoms with Gasteiger partial charge in [-0.3, -0.25) is 13.9 Å². The predicted octanol–water partition coefficient (Wildman–Crippen LogP) is 5.92. The second kappa shape index (κ2) is 13.6. The molecule has 0 spiro atoms. The van der Waals surface area contributed by atoms with Crippen molar-refractivity contribution in [3.05, 3.63) is 88.4 Å². The molecule has 0 aliphatic carbocycles. The number of rotatable bonds is 11. The Morgan fingerprint density at radius 3 is 2.17 bits per heavy atom. The van der Waals surface area contributed by atoms with Crippen LogP contribution in [0.3, 0.4) is 0 Å². The van der Waals surface area contributed by atoms with Gasteiger partial charge in [0.25, 0.3) is 10.0 Å². The standard InChI is InChI=1S/C30H35Cl2N3O5S/c1-6-40-25-14-16-26(17-15-25)41(38,39)35(24-10-8-7-9-11-24)20-28(36)34(21(2)29(37)33-30(3,4)5)19-22-12-13-23(31)18-27(22)32/h7-18,21H,6,19-20H2,1-5H3,(H,33,37). The number of halogens is 2. The quantitative estimate of drug-likeness (QED) is 0.287. The predicted molar refractivity (Wildman–Crippen MR) is 163 cm³/mol. The Morgan fingerprint density at radius 1 is 0.976 bits per heavy atom. The van der Waals surface area contributed by atoms with Gasteiger partial charge in [0.1, 0.15) is 18.3 Å². The van der Waals surface area contributed by atoms with E-state index in [0.29, 0.717) is 33.7 Å². The molecule has 0 radical (unpaired) electrons. The number of para-hydroxylation sites is 1. The fourth-order valence-electron chi connectivity index (χ4n) is 4.01. The number of benzene rings is 3. The highest BCUT2D eigenvalue weighted by atomic mass is 35.5. The van der Waals surface area contributed by atoms with E-state index in [1.165, 1.54) is 17.0 Å². The zero-order chi connectivity index (χ0) is 30.4. The molecule has 3 aromatic carbocycles. The molecule has 1 unspecified atom stereocenters. The molecule has 0 heterocycles. The maximum atomic E-state index is 14.0. The second-order valence-corrected chi connectivity index (χ2v) is 13.1. The number of ether oxygens (including phenoxy) is 1. The Bertz CT molecular complexity index is 1460. The number of carbonyl (C=O) groups excluding carboxylic acids is 2. The highest BCUT2D eigenvalue weighted by molar-refractivity contribution is 7.92. The summed E-state index contributed by atoms with van der Waals surface area (Å²) < 4.78 is 34.3. The number of sulfonamides is 1. The van der Waals surface area contributed by atoms with Crippen LogP contribution in [0.4, 0.5) is 5.69 Å². The van der Waals surface area contributed by atoms with Crippen LogP contribution in [0.15, 0.2) is 77.7 Å². The first kappa shape index (κ1) is 32.2. The second-order valence-electron chi connectivity index (χ2n) is 10.4. The number of hydrogen-bond donors (Lipinski definition) is 1. The van der Waals surface area contributed by atoms with Gasteiger partial charge in [0.15, 0.2) is 0 Å². The molecule has 3 rings (SSSR count). The Hall–Kier alpha value is -3.27. The third-order valence-electron chi connectivity index (χ3n) is 6.07. The number of anilines is 1. The molecule has 0 aliphatic heterocycles. The van der Waals surface area contributed by atoms with E-state index in [2.05, 4.69) is 5.32 Å². The lowest BCUT2D eigenvalue weighted by Gasteiger charge is -2.33. The van der Waals surface area contributed by atoms with E-state index in [-0.39, 0.29) is 11.4 Å². The van der Waals surface area contributed by atoms with Crippen LogP contribution in [0.25, 0.3) is 0 Å². The topological polar surface area (TPSA) is 96.0 Å². The molecule has 0 saturated carbocycles. The molecule has 0 fully saturated rings. The van der Waals surface area contributed by atoms with Crippen LogP contribution >= 0.6 is 23.2 Å². The molecule has 8 nitrogen and oxygen atoms in total. The van der Waals surface area contributed by atoms with Crippen LogP contribution in [0, 0.1) is 0 Å². The molecule has 0 saturated heterocycles. The maximum Gasteiger partial charge on any atom is 0.264 e. The van der Waals surface area contributed by atoms with Crippen LogP contribution in [-0.2, 0) is 26.2 Å². The molecule has 1 atom stereocenters. The number of nitrogens with one attached hydrogen (secondary N) is 1. The van der Waals surface area contributed by atoms with Gasteiger partial charge in [-0.05, 0) is 88.7 Å². The molecular formula is C30H35Cl2N3O5S. The van der Waals surface area contributed by atoms with E-state index >= 15 is 0 Å². The van der Waals surface area contributed by atoms with Crippen molar-refractivity contribution in [1.29, 1.82) is 0 Å². The average Bonchev–Trinajstić information content (AvgIpc) is 2.91. The van der Waals surface area contributed by atoms with Gasteiger partial charge in [0.05, 0.1) is 17.2 Å². The minimum Gasteiger partial charge on any atom is -0.494 e. The molecular weight excluding hydrogens is 585 g/mol. The summed E-state index contributed by atoms with van der Waals surface area (Å²) in [6, 6.07) is 18.2. The molecule has 41 heavy (non-hydrogen) atoms. The van der Waals surface area contributed by atoms with Crippen molar-refractivity contribution in [3.8, 4) is 5.75 Å². The van der Waals surface area contributed by atoms with E-state index in [4.69, 9.17) is 27.9 Å². The van der Waals surface area contributed by atoms with Crippen molar-refractivity contribution in [2.75, 3.05) is 17.5 Å². The van der Waals surface area contributed by atoms with Crippen molar-refractivity contribution < 1.29 is 22.7 Å². The minimum atomic E-state index is -4.19. The third-order valence-corrected chi connectivity index (χ3v) is 8.44. The SMILES string of the molecule is CCOc1ccc(S(=O)(=O)N(CC(=O)N(Cc2ccc(Cl)cc2Cl)C(C)C(=O)NC(C)(C)C)c2ccccc2)cc1. The normalized spacial score (nSPS) is 12.4. The van der Waals surface area contributed by atoms with Crippen LogP contribution in [-0.4, -0.2) is 49.9 Å². The maximum absolute atomic E-state index is 14.0. The van der Waals surface area contributed by atoms with Gasteiger partial charge >= 0.3 is 0 Å². The summed E-state index contributed by atoms with van der Waals surface area (Å²) in [5.74, 6) is -0.457. The van der Waals surface area contributed by atoms with E-state index in [9.17, 15) is 18.0 Å². The molecule has 220 valence electrons. The Balaban J connectivity index is 2.02. The Labute approximate surface area is 252 Å². The molecule has 2 amide bonds. The van der Waals surface area contributed by atoms with Gasteiger partial charge in [-0.15, -0.1) is 0 Å². The van der Waals surface area contributed by atoms with Gasteiger partial charge in [-0.2, -0.15) is 0 Å². The highest BCUT2D eigenvalue weighted by Gasteiger charge is 2.33. The van der Waals surface area contributed by atoms with Crippen LogP contribution < -0.4 is 14.4 Å². The lowest BCUT2D eigenvalue weighted by Crippen LogP contribution is -2.54. The summed E-state index contributed by atoms with van der Waals surface area (Å²) in [7, 11) is -4.19. The van der Waals surface area contributed by atoms with E-state index in [1.54, 1.807) is 67.6 Å². The van der Waals surface area contributed by atoms with E-state index in [1.807, 2.05) is 27.7 Å². The van der Waals surface area contributed by atoms with Gasteiger partial charge in [0.2, 0.25) is 11.8 Å². The number of amides is 2. The summed E-state index contributed by atoms with van der Waals surface area (Å²) in [4.78, 5) is 28.5. The monoisotopic (exact) mass is 619 g/mol. The van der Waals surface area contributed by atoms with Gasteiger partial charge in [-0.25, -0.2) is 8.42 Å². The van der Waals surface area contributed by atoms with Crippen molar-refractivity contribution in [2.45, 2.75) is 57.6 Å². The molecule has 0 aromatic heterocycles. The molecule has 11 heteroatoms. The molecule has 3 aromatic rings. The summed E-state index contributed by atoms with van der Waals surface area (Å²) in [6.45, 7) is 8.76. The Morgan fingerprint density at radius 2 is 1.61 bits per heavy atom. The first-order valence-electron chi connectivity index (χ1n) is 13.1. The van der Waals surface area contributed by atoms with E-state index < -0.39 is 40.0 Å². The Kier molecular flexibility index (Phi) is 10.7. The van der Waals surface area contributed by atoms with Crippen molar-refractivity contribution in [2.24, 2.45) is 0 Å². The summed E-state index contributed by atoms with van der Waals surface area (Å²) in [5, 5.41) is 3.63. The first-order chi connectivity index (χ1) is 19.2. The summed E-state index contributed by atoms with van der Waals surface area (Å²) >= 11 is 12.5. The minimum absolute atomic E-state index is 0.0107. The fourth-order valence-corrected chi connectivity index (χ4v) is 5.90. The number of carbonyl (C=O) groups is 2. The number of hydrogen-bond acceptors (Lipinski definition) is 5. The van der Waals surface area contributed by atoms with Gasteiger partial charge in [0, 0.05) is 22.1 Å². The first-order valence-corrected chi connectivity index (χ1v) is 15.3. The van der Waals surface area contributed by atoms with Gasteiger partial charge < -0.3 is 15.0 Å². The fraction of sp³-hybridized carbons (Fsp3) is 0.333. The van der Waals surface area contributed by atoms with Crippen LogP contribution in [0.5, 0.6) is 5.75 Å². The zero-order valence-corrected chi connectivity index (χ0v) is 26.1. The largest absolute Gasteiger partial charge is 0.494 e. The van der Waals surface area contributed by atoms with Crippen molar-refractivity contribution in [1.82, 2.24) is 10.2 Å². The summed E-state index contributed by atoms with van der Waals surface area (Å²) in [6.07, 6.45) is 0. The molecule has 0 aliphatic rings. The van der Waals surface area contributed by atoms with Crippen molar-refractivity contribution in [3.63, 3.8) is 0 Å². The van der Waals surface area contributed by atoms with Gasteiger partial charge in [-0.1, -0.05) is 47.5 Å². The van der Waals surface area contributed by atoms with Crippen LogP contribution in [0.2, 0.25) is 10.0 Å². The average molecular weight is 621 g/mol. The third kappa shape index (κ3) is 8.61. The van der Waals surface area contributed by atoms with E-state index in [0.717, 1.165) is 4.31 Å². The number of nitrogens with zero attached hydrogens (tertiary/aromatic N) is 2. The molecule has 1 N–H and O–H groups in total. The summed E-state index contributed by atoms with van der Waals surface area (Å²) in [5.41, 5.74) is 0.303. The lowest BCUT2D eigenvalue weighted by atomic mass is 10.1. The van der Waals surface area contributed by atoms with Crippen LogP contribution in [0.1, 0.15) is 40.2 Å². The van der Waals surface area contributed by atoms with Crippen molar-refractivity contribution >= 4 is 50.7 Å². The highest BCUT2D eigenvalue weighted by Crippen LogP contribution is 2.27.